The number of hydrogen-bond donors (Lipinski definition) is 3. The van der Waals surface area contributed by atoms with Crippen LogP contribution in [0.1, 0.15) is 19.3 Å². The molecule has 4 N–H and O–H groups in total. The van der Waals surface area contributed by atoms with Crippen LogP contribution in [-0.4, -0.2) is 43.3 Å². The molecule has 1 aliphatic carbocycles. The molecule has 1 aliphatic rings. The number of anilines is 1. The maximum Gasteiger partial charge on any atom is 0.319 e. The number of rotatable bonds is 7. The summed E-state index contributed by atoms with van der Waals surface area (Å²) in [6.07, 6.45) is 3.86. The Bertz CT molecular complexity index is 535. The van der Waals surface area contributed by atoms with E-state index in [-0.39, 0.29) is 23.9 Å². The molecule has 0 aromatic carbocycles. The molecule has 1 aromatic rings. The molecule has 8 nitrogen and oxygen atoms in total. The predicted octanol–water partition coefficient (Wildman–Crippen LogP) is 0.882. The van der Waals surface area contributed by atoms with Crippen molar-refractivity contribution in [3.8, 4) is 5.88 Å². The summed E-state index contributed by atoms with van der Waals surface area (Å²) in [6.45, 7) is 0.888. The summed E-state index contributed by atoms with van der Waals surface area (Å²) in [5.74, 6) is -0.208. The summed E-state index contributed by atoms with van der Waals surface area (Å²) in [7, 11) is 1.59. The molecule has 2 rings (SSSR count). The van der Waals surface area contributed by atoms with Gasteiger partial charge in [-0.25, -0.2) is 9.78 Å². The first-order valence-corrected chi connectivity index (χ1v) is 7.54. The quantitative estimate of drug-likeness (QED) is 0.645. The highest BCUT2D eigenvalue weighted by Gasteiger charge is 2.32. The van der Waals surface area contributed by atoms with Gasteiger partial charge in [-0.3, -0.25) is 4.79 Å². The molecule has 1 saturated carbocycles. The minimum Gasteiger partial charge on any atom is -0.475 e. The first kappa shape index (κ1) is 17.0. The summed E-state index contributed by atoms with van der Waals surface area (Å²) in [5, 5.41) is 5.47. The number of carbonyl (C=O) groups excluding carboxylic acids is 2. The summed E-state index contributed by atoms with van der Waals surface area (Å²) in [6, 6.07) is 2.76. The minimum atomic E-state index is -0.377. The van der Waals surface area contributed by atoms with Gasteiger partial charge in [0.15, 0.2) is 0 Å². The first-order valence-electron chi connectivity index (χ1n) is 7.54. The molecule has 3 amide bonds. The summed E-state index contributed by atoms with van der Waals surface area (Å²) >= 11 is 0. The monoisotopic (exact) mass is 322 g/mol. The highest BCUT2D eigenvalue weighted by molar-refractivity contribution is 5.90. The lowest BCUT2D eigenvalue weighted by atomic mass is 10.0. The summed E-state index contributed by atoms with van der Waals surface area (Å²) < 4.78 is 10.2. The van der Waals surface area contributed by atoms with E-state index in [4.69, 9.17) is 15.2 Å². The van der Waals surface area contributed by atoms with Crippen LogP contribution in [0.5, 0.6) is 5.88 Å². The number of nitrogens with one attached hydrogen (secondary N) is 2. The van der Waals surface area contributed by atoms with E-state index in [2.05, 4.69) is 15.6 Å². The molecule has 0 unspecified atom stereocenters. The molecule has 0 saturated heterocycles. The Balaban J connectivity index is 1.82. The zero-order valence-electron chi connectivity index (χ0n) is 13.1. The van der Waals surface area contributed by atoms with Crippen molar-refractivity contribution in [2.24, 2.45) is 11.7 Å². The van der Waals surface area contributed by atoms with Gasteiger partial charge >= 0.3 is 6.03 Å². The average molecular weight is 322 g/mol. The van der Waals surface area contributed by atoms with Crippen molar-refractivity contribution in [3.05, 3.63) is 18.3 Å². The van der Waals surface area contributed by atoms with Crippen molar-refractivity contribution < 1.29 is 19.1 Å². The Morgan fingerprint density at radius 3 is 2.83 bits per heavy atom. The van der Waals surface area contributed by atoms with E-state index < -0.39 is 0 Å². The molecule has 126 valence electrons. The second-order valence-electron chi connectivity index (χ2n) is 5.37. The number of carbonyl (C=O) groups is 2. The van der Waals surface area contributed by atoms with Gasteiger partial charge in [0.2, 0.25) is 11.8 Å². The van der Waals surface area contributed by atoms with E-state index in [1.165, 1.54) is 6.20 Å². The van der Waals surface area contributed by atoms with E-state index in [1.807, 2.05) is 0 Å². The van der Waals surface area contributed by atoms with Crippen LogP contribution in [0.15, 0.2) is 18.3 Å². The molecule has 8 heteroatoms. The van der Waals surface area contributed by atoms with Gasteiger partial charge in [-0.1, -0.05) is 6.42 Å². The van der Waals surface area contributed by atoms with E-state index >= 15 is 0 Å². The van der Waals surface area contributed by atoms with Gasteiger partial charge in [0, 0.05) is 19.2 Å². The number of methoxy groups -OCH3 is 1. The Hall–Kier alpha value is -2.35. The predicted molar refractivity (Wildman–Crippen MR) is 84.1 cm³/mol. The normalized spacial score (nSPS) is 20.0. The second kappa shape index (κ2) is 8.33. The van der Waals surface area contributed by atoms with Gasteiger partial charge in [-0.15, -0.1) is 0 Å². The van der Waals surface area contributed by atoms with Crippen molar-refractivity contribution in [3.63, 3.8) is 0 Å². The number of aromatic nitrogens is 1. The zero-order valence-corrected chi connectivity index (χ0v) is 13.1. The summed E-state index contributed by atoms with van der Waals surface area (Å²) in [4.78, 5) is 27.4. The van der Waals surface area contributed by atoms with Crippen LogP contribution in [0.3, 0.4) is 0 Å². The molecule has 1 fully saturated rings. The molecule has 23 heavy (non-hydrogen) atoms. The van der Waals surface area contributed by atoms with E-state index in [0.717, 1.165) is 19.3 Å². The minimum absolute atomic E-state index is 0.211. The van der Waals surface area contributed by atoms with Crippen LogP contribution < -0.4 is 21.1 Å². The number of amides is 3. The van der Waals surface area contributed by atoms with Crippen LogP contribution in [0.25, 0.3) is 0 Å². The molecule has 1 heterocycles. The molecular weight excluding hydrogens is 300 g/mol. The fraction of sp³-hybridized carbons (Fsp3) is 0.533. The van der Waals surface area contributed by atoms with E-state index in [0.29, 0.717) is 24.8 Å². The van der Waals surface area contributed by atoms with Crippen LogP contribution >= 0.6 is 0 Å². The lowest BCUT2D eigenvalue weighted by Gasteiger charge is -2.18. The highest BCUT2D eigenvalue weighted by Crippen LogP contribution is 2.25. The second-order valence-corrected chi connectivity index (χ2v) is 5.37. The van der Waals surface area contributed by atoms with Crippen LogP contribution in [0.2, 0.25) is 0 Å². The zero-order chi connectivity index (χ0) is 16.7. The number of nitrogens with two attached hydrogens (primary N) is 1. The topological polar surface area (TPSA) is 116 Å². The third-order valence-corrected chi connectivity index (χ3v) is 3.73. The van der Waals surface area contributed by atoms with Gasteiger partial charge < -0.3 is 25.8 Å². The van der Waals surface area contributed by atoms with Crippen molar-refractivity contribution in [2.45, 2.75) is 25.3 Å². The first-order chi connectivity index (χ1) is 11.1. The van der Waals surface area contributed by atoms with Gasteiger partial charge in [0.05, 0.1) is 24.4 Å². The van der Waals surface area contributed by atoms with Crippen LogP contribution in [0, 0.1) is 5.92 Å². The number of pyridine rings is 1. The Kier molecular flexibility index (Phi) is 6.16. The fourth-order valence-corrected chi connectivity index (χ4v) is 2.58. The molecule has 1 aromatic heterocycles. The lowest BCUT2D eigenvalue weighted by molar-refractivity contribution is -0.122. The van der Waals surface area contributed by atoms with Crippen molar-refractivity contribution in [1.82, 2.24) is 10.3 Å². The molecule has 0 aliphatic heterocycles. The molecule has 0 radical (unpaired) electrons. The van der Waals surface area contributed by atoms with Crippen LogP contribution in [-0.2, 0) is 9.53 Å². The van der Waals surface area contributed by atoms with Crippen molar-refractivity contribution in [2.75, 3.05) is 25.6 Å². The Morgan fingerprint density at radius 1 is 1.35 bits per heavy atom. The number of nitrogens with zero attached hydrogens (tertiary/aromatic N) is 1. The van der Waals surface area contributed by atoms with Gasteiger partial charge in [0.25, 0.3) is 0 Å². The standard InChI is InChI=1S/C15H22N4O4/c1-22-7-8-23-13-6-5-10(9-17-13)18-15(21)19-12-4-2-3-11(12)14(16)20/h5-6,9,11-12H,2-4,7-8H2,1H3,(H2,16,20)(H2,18,19,21)/t11-,12+/m0/s1. The molecule has 0 spiro atoms. The smallest absolute Gasteiger partial charge is 0.319 e. The third kappa shape index (κ3) is 5.10. The number of hydrogen-bond acceptors (Lipinski definition) is 5. The van der Waals surface area contributed by atoms with Gasteiger partial charge in [-0.05, 0) is 18.9 Å². The summed E-state index contributed by atoms with van der Waals surface area (Å²) in [5.41, 5.74) is 5.88. The Morgan fingerprint density at radius 2 is 2.17 bits per heavy atom. The number of primary amides is 1. The average Bonchev–Trinajstić information content (AvgIpc) is 2.97. The highest BCUT2D eigenvalue weighted by atomic mass is 16.5. The van der Waals surface area contributed by atoms with Gasteiger partial charge in [0.1, 0.15) is 6.61 Å². The Labute approximate surface area is 134 Å². The lowest BCUT2D eigenvalue weighted by Crippen LogP contribution is -2.44. The number of urea groups is 1. The molecular formula is C15H22N4O4. The maximum absolute atomic E-state index is 12.0. The van der Waals surface area contributed by atoms with Crippen molar-refractivity contribution in [1.29, 1.82) is 0 Å². The van der Waals surface area contributed by atoms with Crippen molar-refractivity contribution >= 4 is 17.6 Å². The largest absolute Gasteiger partial charge is 0.475 e. The van der Waals surface area contributed by atoms with E-state index in [1.54, 1.807) is 19.2 Å². The molecule has 2 atom stereocenters. The van der Waals surface area contributed by atoms with E-state index in [9.17, 15) is 9.59 Å². The fourth-order valence-electron chi connectivity index (χ4n) is 2.58. The SMILES string of the molecule is COCCOc1ccc(NC(=O)N[C@@H]2CCC[C@@H]2C(N)=O)cn1. The van der Waals surface area contributed by atoms with Crippen LogP contribution in [0.4, 0.5) is 10.5 Å². The third-order valence-electron chi connectivity index (χ3n) is 3.73. The number of ether oxygens (including phenoxy) is 2. The maximum atomic E-state index is 12.0. The van der Waals surface area contributed by atoms with Gasteiger partial charge in [-0.2, -0.15) is 0 Å². The molecule has 0 bridgehead atoms.